The molecule has 1 aliphatic rings. The van der Waals surface area contributed by atoms with Gasteiger partial charge in [0.1, 0.15) is 0 Å². The summed E-state index contributed by atoms with van der Waals surface area (Å²) in [6.45, 7) is 0.777. The Bertz CT molecular complexity index is 310. The smallest absolute Gasteiger partial charge is 0.257 e. The van der Waals surface area contributed by atoms with Crippen molar-refractivity contribution in [3.8, 4) is 0 Å². The molecule has 0 spiro atoms. The molecule has 1 atom stereocenters. The van der Waals surface area contributed by atoms with Crippen molar-refractivity contribution in [2.45, 2.75) is 18.9 Å². The summed E-state index contributed by atoms with van der Waals surface area (Å²) in [6.07, 6.45) is 4.94. The van der Waals surface area contributed by atoms with Crippen molar-refractivity contribution in [1.29, 1.82) is 0 Å². The molecule has 0 radical (unpaired) electrons. The molecule has 2 heterocycles. The minimum Gasteiger partial charge on any atom is -0.394 e. The van der Waals surface area contributed by atoms with Crippen molar-refractivity contribution in [2.24, 2.45) is 0 Å². The van der Waals surface area contributed by atoms with Crippen LogP contribution in [-0.2, 0) is 0 Å². The van der Waals surface area contributed by atoms with Gasteiger partial charge in [0, 0.05) is 12.7 Å². The zero-order valence-electron chi connectivity index (χ0n) is 7.81. The van der Waals surface area contributed by atoms with Crippen LogP contribution in [0.5, 0.6) is 0 Å². The molecule has 14 heavy (non-hydrogen) atoms. The molecular weight excluding hydrogens is 182 g/mol. The van der Waals surface area contributed by atoms with E-state index in [0.29, 0.717) is 5.56 Å². The Morgan fingerprint density at radius 3 is 3.29 bits per heavy atom. The van der Waals surface area contributed by atoms with Crippen molar-refractivity contribution < 1.29 is 9.90 Å². The van der Waals surface area contributed by atoms with E-state index in [1.54, 1.807) is 11.1 Å². The molecule has 2 rings (SSSR count). The van der Waals surface area contributed by atoms with Crippen LogP contribution in [0.1, 0.15) is 23.2 Å². The zero-order valence-corrected chi connectivity index (χ0v) is 7.81. The maximum Gasteiger partial charge on any atom is 0.257 e. The maximum absolute atomic E-state index is 11.8. The Hall–Kier alpha value is -1.36. The van der Waals surface area contributed by atoms with Crippen LogP contribution >= 0.6 is 0 Å². The third-order valence-corrected chi connectivity index (χ3v) is 2.59. The van der Waals surface area contributed by atoms with Crippen molar-refractivity contribution in [3.63, 3.8) is 0 Å². The van der Waals surface area contributed by atoms with Crippen LogP contribution in [0.3, 0.4) is 0 Å². The van der Waals surface area contributed by atoms with E-state index in [4.69, 9.17) is 5.11 Å². The maximum atomic E-state index is 11.8. The molecule has 0 aromatic carbocycles. The molecule has 5 heteroatoms. The summed E-state index contributed by atoms with van der Waals surface area (Å²) in [7, 11) is 0. The first-order valence-electron chi connectivity index (χ1n) is 4.73. The van der Waals surface area contributed by atoms with E-state index in [9.17, 15) is 4.79 Å². The summed E-state index contributed by atoms with van der Waals surface area (Å²) in [5.74, 6) is -0.0460. The van der Waals surface area contributed by atoms with Crippen LogP contribution in [0.15, 0.2) is 12.4 Å². The minimum absolute atomic E-state index is 0.0163. The fourth-order valence-electron chi connectivity index (χ4n) is 1.83. The zero-order chi connectivity index (χ0) is 9.97. The van der Waals surface area contributed by atoms with Gasteiger partial charge in [-0.05, 0) is 12.8 Å². The lowest BCUT2D eigenvalue weighted by atomic mass is 10.2. The number of nitrogens with zero attached hydrogens (tertiary/aromatic N) is 2. The second-order valence-electron chi connectivity index (χ2n) is 3.46. The summed E-state index contributed by atoms with van der Waals surface area (Å²) in [5.41, 5.74) is 0.561. The van der Waals surface area contributed by atoms with Gasteiger partial charge in [0.25, 0.3) is 5.91 Å². The van der Waals surface area contributed by atoms with E-state index in [1.807, 2.05) is 0 Å². The molecule has 1 fully saturated rings. The molecule has 1 amide bonds. The van der Waals surface area contributed by atoms with E-state index in [2.05, 4.69) is 10.2 Å². The largest absolute Gasteiger partial charge is 0.394 e. The average Bonchev–Trinajstić information content (AvgIpc) is 2.87. The number of amides is 1. The van der Waals surface area contributed by atoms with Crippen LogP contribution in [0.4, 0.5) is 0 Å². The van der Waals surface area contributed by atoms with Crippen LogP contribution in [0.25, 0.3) is 0 Å². The normalized spacial score (nSPS) is 21.5. The van der Waals surface area contributed by atoms with Gasteiger partial charge in [-0.3, -0.25) is 9.89 Å². The Morgan fingerprint density at radius 2 is 2.64 bits per heavy atom. The number of aromatic nitrogens is 2. The highest BCUT2D eigenvalue weighted by atomic mass is 16.3. The summed E-state index contributed by atoms with van der Waals surface area (Å²) in [4.78, 5) is 13.5. The predicted molar refractivity (Wildman–Crippen MR) is 49.7 cm³/mol. The van der Waals surface area contributed by atoms with E-state index in [0.717, 1.165) is 19.4 Å². The number of aliphatic hydroxyl groups excluding tert-OH is 1. The minimum atomic E-state index is -0.0460. The van der Waals surface area contributed by atoms with Crippen molar-refractivity contribution in [3.05, 3.63) is 18.0 Å². The van der Waals surface area contributed by atoms with Gasteiger partial charge in [-0.2, -0.15) is 5.10 Å². The van der Waals surface area contributed by atoms with E-state index < -0.39 is 0 Å². The number of carbonyl (C=O) groups excluding carboxylic acids is 1. The third kappa shape index (κ3) is 1.50. The number of hydrogen-bond acceptors (Lipinski definition) is 3. The lowest BCUT2D eigenvalue weighted by molar-refractivity contribution is 0.0677. The van der Waals surface area contributed by atoms with Gasteiger partial charge in [-0.25, -0.2) is 0 Å². The molecule has 0 bridgehead atoms. The monoisotopic (exact) mass is 195 g/mol. The lowest BCUT2D eigenvalue weighted by Crippen LogP contribution is -2.37. The van der Waals surface area contributed by atoms with Gasteiger partial charge in [0.2, 0.25) is 0 Å². The molecule has 1 aliphatic heterocycles. The fraction of sp³-hybridized carbons (Fsp3) is 0.556. The van der Waals surface area contributed by atoms with Crippen molar-refractivity contribution >= 4 is 5.91 Å². The average molecular weight is 195 g/mol. The van der Waals surface area contributed by atoms with E-state index >= 15 is 0 Å². The molecule has 0 saturated carbocycles. The number of aromatic amines is 1. The van der Waals surface area contributed by atoms with Crippen LogP contribution < -0.4 is 0 Å². The van der Waals surface area contributed by atoms with Crippen LogP contribution in [0, 0.1) is 0 Å². The highest BCUT2D eigenvalue weighted by Gasteiger charge is 2.28. The van der Waals surface area contributed by atoms with Gasteiger partial charge in [0.05, 0.1) is 24.4 Å². The molecule has 2 N–H and O–H groups in total. The van der Waals surface area contributed by atoms with Crippen molar-refractivity contribution in [1.82, 2.24) is 15.1 Å². The third-order valence-electron chi connectivity index (χ3n) is 2.59. The van der Waals surface area contributed by atoms with Gasteiger partial charge in [-0.15, -0.1) is 0 Å². The quantitative estimate of drug-likeness (QED) is 0.698. The molecule has 5 nitrogen and oxygen atoms in total. The molecular formula is C9H13N3O2. The standard InChI is InChI=1S/C9H13N3O2/c13-6-8-2-1-3-12(8)9(14)7-4-10-11-5-7/h4-5,8,13H,1-3,6H2,(H,10,11)/t8-/m1/s1. The summed E-state index contributed by atoms with van der Waals surface area (Å²) in [5, 5.41) is 15.4. The molecule has 1 aromatic heterocycles. The summed E-state index contributed by atoms with van der Waals surface area (Å²) >= 11 is 0. The topological polar surface area (TPSA) is 69.2 Å². The van der Waals surface area contributed by atoms with Crippen LogP contribution in [-0.4, -0.2) is 45.3 Å². The van der Waals surface area contributed by atoms with Crippen molar-refractivity contribution in [2.75, 3.05) is 13.2 Å². The number of H-pyrrole nitrogens is 1. The summed E-state index contributed by atoms with van der Waals surface area (Å²) in [6, 6.07) is -0.0163. The Labute approximate surface area is 81.7 Å². The Balaban J connectivity index is 2.11. The first-order chi connectivity index (χ1) is 6.83. The summed E-state index contributed by atoms with van der Waals surface area (Å²) < 4.78 is 0. The van der Waals surface area contributed by atoms with Gasteiger partial charge >= 0.3 is 0 Å². The van der Waals surface area contributed by atoms with E-state index in [-0.39, 0.29) is 18.6 Å². The van der Waals surface area contributed by atoms with Gasteiger partial charge in [0.15, 0.2) is 0 Å². The fourth-order valence-corrected chi connectivity index (χ4v) is 1.83. The second kappa shape index (κ2) is 3.79. The SMILES string of the molecule is O=C(c1cn[nH]c1)N1CCC[C@@H]1CO. The molecule has 0 aliphatic carbocycles. The molecule has 0 unspecified atom stereocenters. The highest BCUT2D eigenvalue weighted by Crippen LogP contribution is 2.18. The van der Waals surface area contributed by atoms with Gasteiger partial charge < -0.3 is 10.0 Å². The lowest BCUT2D eigenvalue weighted by Gasteiger charge is -2.22. The highest BCUT2D eigenvalue weighted by molar-refractivity contribution is 5.94. The second-order valence-corrected chi connectivity index (χ2v) is 3.46. The first kappa shape index (κ1) is 9.21. The Kier molecular flexibility index (Phi) is 2.49. The van der Waals surface area contributed by atoms with Crippen LogP contribution in [0.2, 0.25) is 0 Å². The number of nitrogens with one attached hydrogen (secondary N) is 1. The number of carbonyl (C=O) groups is 1. The number of hydrogen-bond donors (Lipinski definition) is 2. The number of aliphatic hydroxyl groups is 1. The number of rotatable bonds is 2. The van der Waals surface area contributed by atoms with E-state index in [1.165, 1.54) is 6.20 Å². The molecule has 1 aromatic rings. The first-order valence-corrected chi connectivity index (χ1v) is 4.73. The molecule has 76 valence electrons. The molecule has 1 saturated heterocycles. The number of likely N-dealkylation sites (tertiary alicyclic amines) is 1. The van der Waals surface area contributed by atoms with Gasteiger partial charge in [-0.1, -0.05) is 0 Å². The predicted octanol–water partition coefficient (Wildman–Crippen LogP) is 0.00660. The Morgan fingerprint density at radius 1 is 1.79 bits per heavy atom.